The Morgan fingerprint density at radius 1 is 1.33 bits per heavy atom. The summed E-state index contributed by atoms with van der Waals surface area (Å²) in [5.41, 5.74) is 0.793. The monoisotopic (exact) mass is 349 g/mol. The summed E-state index contributed by atoms with van der Waals surface area (Å²) < 4.78 is 27.5. The highest BCUT2D eigenvalue weighted by Gasteiger charge is 2.32. The van der Waals surface area contributed by atoms with Crippen LogP contribution in [0.15, 0.2) is 41.6 Å². The Morgan fingerprint density at radius 3 is 2.88 bits per heavy atom. The molecule has 2 heterocycles. The molecule has 1 atom stereocenters. The van der Waals surface area contributed by atoms with Crippen molar-refractivity contribution < 1.29 is 13.6 Å². The third-order valence-electron chi connectivity index (χ3n) is 4.03. The molecule has 1 unspecified atom stereocenters. The van der Waals surface area contributed by atoms with Gasteiger partial charge in [-0.2, -0.15) is 0 Å². The summed E-state index contributed by atoms with van der Waals surface area (Å²) in [6.07, 6.45) is 4.86. The Bertz CT molecular complexity index is 739. The zero-order valence-corrected chi connectivity index (χ0v) is 13.9. The van der Waals surface area contributed by atoms with Crippen LogP contribution in [0, 0.1) is 11.6 Å². The minimum atomic E-state index is -0.504. The fraction of sp³-hybridized carbons (Fsp3) is 0.294. The third-order valence-corrected chi connectivity index (χ3v) is 4.69. The van der Waals surface area contributed by atoms with Crippen LogP contribution in [0.25, 0.3) is 0 Å². The Labute approximate surface area is 143 Å². The number of nitrogens with zero attached hydrogens (tertiary/aromatic N) is 2. The number of likely N-dealkylation sites (tertiary alicyclic amines) is 1. The van der Waals surface area contributed by atoms with Gasteiger partial charge < -0.3 is 10.2 Å². The van der Waals surface area contributed by atoms with Crippen LogP contribution >= 0.6 is 11.8 Å². The summed E-state index contributed by atoms with van der Waals surface area (Å²) in [5, 5.41) is 3.62. The molecule has 7 heteroatoms. The van der Waals surface area contributed by atoms with Crippen LogP contribution in [0.2, 0.25) is 0 Å². The first-order chi connectivity index (χ1) is 11.6. The maximum absolute atomic E-state index is 14.0. The van der Waals surface area contributed by atoms with E-state index >= 15 is 0 Å². The summed E-state index contributed by atoms with van der Waals surface area (Å²) in [6, 6.07) is 6.14. The molecule has 1 N–H and O–H groups in total. The molecule has 0 aliphatic carbocycles. The van der Waals surface area contributed by atoms with E-state index < -0.39 is 17.7 Å². The summed E-state index contributed by atoms with van der Waals surface area (Å²) in [4.78, 5) is 18.3. The van der Waals surface area contributed by atoms with Gasteiger partial charge in [0.25, 0.3) is 0 Å². The summed E-state index contributed by atoms with van der Waals surface area (Å²) in [6.45, 7) is 0.503. The van der Waals surface area contributed by atoms with Crippen molar-refractivity contribution in [1.82, 2.24) is 9.88 Å². The molecule has 2 amide bonds. The smallest absolute Gasteiger partial charge is 0.317 e. The van der Waals surface area contributed by atoms with E-state index in [1.54, 1.807) is 17.2 Å². The SMILES string of the molecule is CSc1ccc(NC(=O)N2CCCC2c2cc(F)ccc2F)cn1. The average molecular weight is 349 g/mol. The summed E-state index contributed by atoms with van der Waals surface area (Å²) in [7, 11) is 0. The molecule has 1 aliphatic rings. The number of urea groups is 1. The van der Waals surface area contributed by atoms with Gasteiger partial charge in [0, 0.05) is 12.1 Å². The molecule has 2 aromatic rings. The Kier molecular flexibility index (Phi) is 4.99. The second-order valence-electron chi connectivity index (χ2n) is 5.54. The summed E-state index contributed by atoms with van der Waals surface area (Å²) >= 11 is 1.51. The second kappa shape index (κ2) is 7.17. The van der Waals surface area contributed by atoms with Crippen LogP contribution in [0.3, 0.4) is 0 Å². The van der Waals surface area contributed by atoms with Gasteiger partial charge in [-0.15, -0.1) is 11.8 Å². The highest BCUT2D eigenvalue weighted by atomic mass is 32.2. The lowest BCUT2D eigenvalue weighted by Crippen LogP contribution is -2.34. The number of aromatic nitrogens is 1. The lowest BCUT2D eigenvalue weighted by molar-refractivity contribution is 0.206. The zero-order valence-electron chi connectivity index (χ0n) is 13.1. The van der Waals surface area contributed by atoms with Gasteiger partial charge in [-0.05, 0) is 49.4 Å². The number of rotatable bonds is 3. The number of benzene rings is 1. The van der Waals surface area contributed by atoms with E-state index in [4.69, 9.17) is 0 Å². The van der Waals surface area contributed by atoms with Gasteiger partial charge in [0.1, 0.15) is 11.6 Å². The highest BCUT2D eigenvalue weighted by Crippen LogP contribution is 2.34. The second-order valence-corrected chi connectivity index (χ2v) is 6.36. The van der Waals surface area contributed by atoms with Gasteiger partial charge in [0.05, 0.1) is 23.0 Å². The van der Waals surface area contributed by atoms with E-state index in [1.165, 1.54) is 17.8 Å². The molecule has 4 nitrogen and oxygen atoms in total. The fourth-order valence-corrected chi connectivity index (χ4v) is 3.24. The summed E-state index contributed by atoms with van der Waals surface area (Å²) in [5.74, 6) is -0.998. The van der Waals surface area contributed by atoms with Crippen LogP contribution in [0.1, 0.15) is 24.4 Å². The minimum absolute atomic E-state index is 0.221. The topological polar surface area (TPSA) is 45.2 Å². The molecule has 0 saturated carbocycles. The van der Waals surface area contributed by atoms with Gasteiger partial charge in [-0.1, -0.05) is 0 Å². The van der Waals surface area contributed by atoms with Gasteiger partial charge in [-0.25, -0.2) is 18.6 Å². The van der Waals surface area contributed by atoms with Crippen molar-refractivity contribution in [1.29, 1.82) is 0 Å². The van der Waals surface area contributed by atoms with Crippen LogP contribution in [-0.4, -0.2) is 28.7 Å². The number of amides is 2. The number of pyridine rings is 1. The van der Waals surface area contributed by atoms with Crippen molar-refractivity contribution in [2.45, 2.75) is 23.9 Å². The molecular formula is C17H17F2N3OS. The molecule has 0 radical (unpaired) electrons. The normalized spacial score (nSPS) is 17.1. The Morgan fingerprint density at radius 2 is 2.17 bits per heavy atom. The van der Waals surface area contributed by atoms with E-state index in [0.717, 1.165) is 23.6 Å². The first-order valence-corrected chi connectivity index (χ1v) is 8.83. The molecule has 24 heavy (non-hydrogen) atoms. The number of carbonyl (C=O) groups excluding carboxylic acids is 1. The maximum atomic E-state index is 14.0. The minimum Gasteiger partial charge on any atom is -0.317 e. The number of carbonyl (C=O) groups is 1. The average Bonchev–Trinajstić information content (AvgIpc) is 3.07. The van der Waals surface area contributed by atoms with E-state index in [1.807, 2.05) is 12.3 Å². The Balaban J connectivity index is 1.76. The predicted octanol–water partition coefficient (Wildman–Crippen LogP) is 4.45. The van der Waals surface area contributed by atoms with E-state index in [9.17, 15) is 13.6 Å². The number of nitrogens with one attached hydrogen (secondary N) is 1. The first kappa shape index (κ1) is 16.7. The van der Waals surface area contributed by atoms with Gasteiger partial charge in [0.15, 0.2) is 0 Å². The van der Waals surface area contributed by atoms with Crippen molar-refractivity contribution in [2.75, 3.05) is 18.1 Å². The molecular weight excluding hydrogens is 332 g/mol. The van der Waals surface area contributed by atoms with E-state index in [2.05, 4.69) is 10.3 Å². The van der Waals surface area contributed by atoms with Crippen molar-refractivity contribution in [2.24, 2.45) is 0 Å². The lowest BCUT2D eigenvalue weighted by Gasteiger charge is -2.25. The van der Waals surface area contributed by atoms with Crippen molar-refractivity contribution >= 4 is 23.5 Å². The fourth-order valence-electron chi connectivity index (χ4n) is 2.87. The lowest BCUT2D eigenvalue weighted by atomic mass is 10.0. The number of hydrogen-bond acceptors (Lipinski definition) is 3. The Hall–Kier alpha value is -2.15. The van der Waals surface area contributed by atoms with Crippen molar-refractivity contribution in [3.8, 4) is 0 Å². The molecule has 1 saturated heterocycles. The van der Waals surface area contributed by atoms with Crippen LogP contribution in [0.4, 0.5) is 19.3 Å². The van der Waals surface area contributed by atoms with Gasteiger partial charge >= 0.3 is 6.03 Å². The molecule has 1 aromatic heterocycles. The van der Waals surface area contributed by atoms with Gasteiger partial charge in [-0.3, -0.25) is 0 Å². The van der Waals surface area contributed by atoms with E-state index in [0.29, 0.717) is 18.7 Å². The molecule has 0 bridgehead atoms. The molecule has 0 spiro atoms. The molecule has 3 rings (SSSR count). The number of thioether (sulfide) groups is 1. The number of halogens is 2. The van der Waals surface area contributed by atoms with Crippen LogP contribution in [0.5, 0.6) is 0 Å². The molecule has 1 aliphatic heterocycles. The van der Waals surface area contributed by atoms with Crippen molar-refractivity contribution in [3.63, 3.8) is 0 Å². The van der Waals surface area contributed by atoms with E-state index in [-0.39, 0.29) is 11.6 Å². The molecule has 1 fully saturated rings. The number of hydrogen-bond donors (Lipinski definition) is 1. The molecule has 126 valence electrons. The molecule has 1 aromatic carbocycles. The maximum Gasteiger partial charge on any atom is 0.322 e. The quantitative estimate of drug-likeness (QED) is 0.833. The van der Waals surface area contributed by atoms with Crippen LogP contribution in [-0.2, 0) is 0 Å². The van der Waals surface area contributed by atoms with Crippen molar-refractivity contribution in [3.05, 3.63) is 53.7 Å². The first-order valence-electron chi connectivity index (χ1n) is 7.61. The highest BCUT2D eigenvalue weighted by molar-refractivity contribution is 7.98. The zero-order chi connectivity index (χ0) is 17.1. The standard InChI is InChI=1S/C17H17F2N3OS/c1-24-16-7-5-12(10-20-16)21-17(23)22-8-2-3-15(22)13-9-11(18)4-6-14(13)19/h4-7,9-10,15H,2-3,8H2,1H3,(H,21,23). The van der Waals surface area contributed by atoms with Crippen LogP contribution < -0.4 is 5.32 Å². The third kappa shape index (κ3) is 3.51. The predicted molar refractivity (Wildman–Crippen MR) is 90.1 cm³/mol. The van der Waals surface area contributed by atoms with Gasteiger partial charge in [0.2, 0.25) is 0 Å². The number of anilines is 1. The largest absolute Gasteiger partial charge is 0.322 e.